The molecule has 0 unspecified atom stereocenters. The lowest BCUT2D eigenvalue weighted by atomic mass is 10.2. The van der Waals surface area contributed by atoms with E-state index in [1.807, 2.05) is 0 Å². The number of thioether (sulfide) groups is 1. The lowest BCUT2D eigenvalue weighted by molar-refractivity contribution is -0.151. The fraction of sp³-hybridized carbons (Fsp3) is 0.385. The second-order valence-electron chi connectivity index (χ2n) is 4.99. The number of hydrogen-bond donors (Lipinski definition) is 0. The summed E-state index contributed by atoms with van der Waals surface area (Å²) in [5.41, 5.74) is -2.13. The Morgan fingerprint density at radius 2 is 1.57 bits per heavy atom. The van der Waals surface area contributed by atoms with Gasteiger partial charge in [-0.05, 0) is 20.8 Å². The molecule has 21 heavy (non-hydrogen) atoms. The Morgan fingerprint density at radius 3 is 1.95 bits per heavy atom. The lowest BCUT2D eigenvalue weighted by Crippen LogP contribution is -2.25. The first-order chi connectivity index (χ1) is 9.58. The molecule has 0 spiro atoms. The van der Waals surface area contributed by atoms with Crippen molar-refractivity contribution in [3.63, 3.8) is 0 Å². The van der Waals surface area contributed by atoms with Crippen molar-refractivity contribution in [2.75, 3.05) is 5.75 Å². The van der Waals surface area contributed by atoms with E-state index < -0.39 is 51.1 Å². The number of carbonyl (C=O) groups excluding carboxylic acids is 2. The highest BCUT2D eigenvalue weighted by atomic mass is 32.2. The number of rotatable bonds is 4. The van der Waals surface area contributed by atoms with Crippen LogP contribution in [0.3, 0.4) is 0 Å². The number of hydrogen-bond acceptors (Lipinski definition) is 4. The Morgan fingerprint density at radius 1 is 1.10 bits per heavy atom. The highest BCUT2D eigenvalue weighted by Crippen LogP contribution is 2.31. The zero-order chi connectivity index (χ0) is 16.4. The standard InChI is InChI=1S/C13H12F4O3S/c1-13(2,3)20-7(19)5-21-12-10(16)8(14)6(4-18)9(15)11(12)17/h4H,5H2,1-3H3. The molecule has 0 saturated carbocycles. The largest absolute Gasteiger partial charge is 0.459 e. The average molecular weight is 324 g/mol. The van der Waals surface area contributed by atoms with Crippen LogP contribution in [0.15, 0.2) is 4.90 Å². The van der Waals surface area contributed by atoms with Crippen LogP contribution in [0.4, 0.5) is 17.6 Å². The quantitative estimate of drug-likeness (QED) is 0.280. The molecule has 0 aliphatic rings. The summed E-state index contributed by atoms with van der Waals surface area (Å²) in [4.78, 5) is 20.8. The van der Waals surface area contributed by atoms with Gasteiger partial charge < -0.3 is 4.74 Å². The van der Waals surface area contributed by atoms with Crippen molar-refractivity contribution in [2.24, 2.45) is 0 Å². The van der Waals surface area contributed by atoms with Crippen LogP contribution in [-0.2, 0) is 9.53 Å². The molecule has 0 heterocycles. The van der Waals surface area contributed by atoms with E-state index in [-0.39, 0.29) is 18.0 Å². The van der Waals surface area contributed by atoms with E-state index in [2.05, 4.69) is 0 Å². The summed E-state index contributed by atoms with van der Waals surface area (Å²) in [5, 5.41) is 0. The maximum atomic E-state index is 13.6. The molecule has 0 aromatic heterocycles. The van der Waals surface area contributed by atoms with Crippen molar-refractivity contribution < 1.29 is 31.9 Å². The zero-order valence-electron chi connectivity index (χ0n) is 11.4. The van der Waals surface area contributed by atoms with E-state index in [1.54, 1.807) is 20.8 Å². The second-order valence-corrected chi connectivity index (χ2v) is 5.98. The molecule has 116 valence electrons. The van der Waals surface area contributed by atoms with Gasteiger partial charge >= 0.3 is 5.97 Å². The van der Waals surface area contributed by atoms with E-state index in [0.29, 0.717) is 0 Å². The van der Waals surface area contributed by atoms with Crippen LogP contribution in [0.2, 0.25) is 0 Å². The summed E-state index contributed by atoms with van der Waals surface area (Å²) in [6.07, 6.45) is -0.320. The number of halogens is 4. The number of benzene rings is 1. The molecule has 1 aromatic rings. The fourth-order valence-electron chi connectivity index (χ4n) is 1.36. The topological polar surface area (TPSA) is 43.4 Å². The van der Waals surface area contributed by atoms with Gasteiger partial charge in [0.15, 0.2) is 29.6 Å². The maximum absolute atomic E-state index is 13.6. The summed E-state index contributed by atoms with van der Waals surface area (Å²) in [6, 6.07) is 0. The molecule has 0 bridgehead atoms. The Hall–Kier alpha value is -1.57. The first kappa shape index (κ1) is 17.5. The van der Waals surface area contributed by atoms with Crippen LogP contribution < -0.4 is 0 Å². The molecule has 0 amide bonds. The highest BCUT2D eigenvalue weighted by molar-refractivity contribution is 8.00. The molecule has 0 N–H and O–H groups in total. The third-order valence-electron chi connectivity index (χ3n) is 2.13. The smallest absolute Gasteiger partial charge is 0.316 e. The zero-order valence-corrected chi connectivity index (χ0v) is 12.2. The van der Waals surface area contributed by atoms with Gasteiger partial charge in [0, 0.05) is 0 Å². The van der Waals surface area contributed by atoms with Crippen molar-refractivity contribution in [1.82, 2.24) is 0 Å². The van der Waals surface area contributed by atoms with Crippen molar-refractivity contribution in [1.29, 1.82) is 0 Å². The van der Waals surface area contributed by atoms with Gasteiger partial charge in [-0.1, -0.05) is 0 Å². The van der Waals surface area contributed by atoms with Crippen LogP contribution in [0, 0.1) is 23.3 Å². The SMILES string of the molecule is CC(C)(C)OC(=O)CSc1c(F)c(F)c(C=O)c(F)c1F. The van der Waals surface area contributed by atoms with Gasteiger partial charge in [0.2, 0.25) is 0 Å². The fourth-order valence-corrected chi connectivity index (χ4v) is 2.11. The van der Waals surface area contributed by atoms with Crippen LogP contribution in [-0.4, -0.2) is 23.6 Å². The molecule has 3 nitrogen and oxygen atoms in total. The number of esters is 1. The summed E-state index contributed by atoms with van der Waals surface area (Å²) in [7, 11) is 0. The third-order valence-corrected chi connectivity index (χ3v) is 3.16. The molecule has 1 aromatic carbocycles. The molecular formula is C13H12F4O3S. The minimum Gasteiger partial charge on any atom is -0.459 e. The molecule has 0 aliphatic heterocycles. The Balaban J connectivity index is 3.00. The summed E-state index contributed by atoms with van der Waals surface area (Å²) in [5.74, 6) is -8.36. The van der Waals surface area contributed by atoms with Gasteiger partial charge in [-0.15, -0.1) is 11.8 Å². The normalized spacial score (nSPS) is 11.4. The van der Waals surface area contributed by atoms with E-state index in [9.17, 15) is 27.2 Å². The third kappa shape index (κ3) is 4.20. The first-order valence-corrected chi connectivity index (χ1v) is 6.72. The minimum atomic E-state index is -1.80. The summed E-state index contributed by atoms with van der Waals surface area (Å²) < 4.78 is 58.7. The average Bonchev–Trinajstić information content (AvgIpc) is 2.35. The van der Waals surface area contributed by atoms with E-state index in [0.717, 1.165) is 0 Å². The summed E-state index contributed by atoms with van der Waals surface area (Å²) >= 11 is 0.250. The second kappa shape index (κ2) is 6.46. The molecule has 0 fully saturated rings. The van der Waals surface area contributed by atoms with Crippen LogP contribution in [0.25, 0.3) is 0 Å². The van der Waals surface area contributed by atoms with Gasteiger partial charge in [0.25, 0.3) is 0 Å². The van der Waals surface area contributed by atoms with E-state index >= 15 is 0 Å². The Labute approximate surface area is 122 Å². The number of carbonyl (C=O) groups is 2. The Bertz CT molecular complexity index is 553. The molecular weight excluding hydrogens is 312 g/mol. The van der Waals surface area contributed by atoms with E-state index in [1.165, 1.54) is 0 Å². The molecule has 0 saturated heterocycles. The molecule has 0 radical (unpaired) electrons. The van der Waals surface area contributed by atoms with Crippen molar-refractivity contribution >= 4 is 24.0 Å². The summed E-state index contributed by atoms with van der Waals surface area (Å²) in [6.45, 7) is 4.78. The minimum absolute atomic E-state index is 0.250. The van der Waals surface area contributed by atoms with Gasteiger partial charge in [-0.25, -0.2) is 17.6 Å². The molecule has 0 aliphatic carbocycles. The molecule has 8 heteroatoms. The highest BCUT2D eigenvalue weighted by Gasteiger charge is 2.26. The number of aldehydes is 1. The molecule has 0 atom stereocenters. The first-order valence-electron chi connectivity index (χ1n) is 5.74. The van der Waals surface area contributed by atoms with E-state index in [4.69, 9.17) is 4.74 Å². The maximum Gasteiger partial charge on any atom is 0.316 e. The Kier molecular flexibility index (Phi) is 5.38. The van der Waals surface area contributed by atoms with Crippen LogP contribution >= 0.6 is 11.8 Å². The number of ether oxygens (including phenoxy) is 1. The predicted octanol–water partition coefficient (Wildman–Crippen LogP) is 3.49. The van der Waals surface area contributed by atoms with Gasteiger partial charge in [0.1, 0.15) is 5.60 Å². The van der Waals surface area contributed by atoms with Crippen molar-refractivity contribution in [2.45, 2.75) is 31.3 Å². The lowest BCUT2D eigenvalue weighted by Gasteiger charge is -2.19. The molecule has 1 rings (SSSR count). The monoisotopic (exact) mass is 324 g/mol. The van der Waals surface area contributed by atoms with Crippen molar-refractivity contribution in [3.05, 3.63) is 28.8 Å². The van der Waals surface area contributed by atoms with Gasteiger partial charge in [-0.2, -0.15) is 0 Å². The van der Waals surface area contributed by atoms with Crippen molar-refractivity contribution in [3.8, 4) is 0 Å². The van der Waals surface area contributed by atoms with Crippen LogP contribution in [0.1, 0.15) is 31.1 Å². The van der Waals surface area contributed by atoms with Crippen LogP contribution in [0.5, 0.6) is 0 Å². The van der Waals surface area contributed by atoms with Gasteiger partial charge in [0.05, 0.1) is 16.2 Å². The predicted molar refractivity (Wildman–Crippen MR) is 68.2 cm³/mol. The van der Waals surface area contributed by atoms with Gasteiger partial charge in [-0.3, -0.25) is 9.59 Å².